The molecule has 2 aromatic rings. The first kappa shape index (κ1) is 26.2. The lowest BCUT2D eigenvalue weighted by Gasteiger charge is -2.09. The van der Waals surface area contributed by atoms with Gasteiger partial charge in [0.1, 0.15) is 0 Å². The van der Waals surface area contributed by atoms with E-state index >= 15 is 0 Å². The van der Waals surface area contributed by atoms with Crippen LogP contribution in [0.4, 0.5) is 32.3 Å². The number of hydrogen-bond acceptors (Lipinski definition) is 4. The predicted molar refractivity (Wildman–Crippen MR) is 134 cm³/mol. The van der Waals surface area contributed by atoms with Gasteiger partial charge in [0.15, 0.2) is 0 Å². The highest BCUT2D eigenvalue weighted by Crippen LogP contribution is 2.14. The minimum absolute atomic E-state index is 0.149. The van der Waals surface area contributed by atoms with Crippen molar-refractivity contribution in [2.75, 3.05) is 34.4 Å². The van der Waals surface area contributed by atoms with Gasteiger partial charge in [0.2, 0.25) is 11.8 Å². The summed E-state index contributed by atoms with van der Waals surface area (Å²) in [6.45, 7) is 3.98. The van der Waals surface area contributed by atoms with E-state index in [1.807, 2.05) is 0 Å². The summed E-state index contributed by atoms with van der Waals surface area (Å²) in [6.07, 6.45) is 3.53. The van der Waals surface area contributed by atoms with Crippen LogP contribution in [-0.2, 0) is 9.59 Å². The van der Waals surface area contributed by atoms with E-state index in [9.17, 15) is 19.2 Å². The molecule has 0 spiro atoms. The van der Waals surface area contributed by atoms with E-state index < -0.39 is 0 Å². The van der Waals surface area contributed by atoms with Gasteiger partial charge in [0, 0.05) is 49.7 Å². The molecule has 182 valence electrons. The van der Waals surface area contributed by atoms with Crippen LogP contribution in [0.15, 0.2) is 48.5 Å². The summed E-state index contributed by atoms with van der Waals surface area (Å²) in [4.78, 5) is 45.9. The molecule has 0 aliphatic rings. The number of amides is 6. The number of nitrogens with one attached hydrogen (secondary N) is 6. The third-order valence-electron chi connectivity index (χ3n) is 4.60. The van der Waals surface area contributed by atoms with Crippen molar-refractivity contribution in [2.24, 2.45) is 0 Å². The van der Waals surface area contributed by atoms with E-state index in [2.05, 4.69) is 31.9 Å². The van der Waals surface area contributed by atoms with Gasteiger partial charge in [0.25, 0.3) is 0 Å². The van der Waals surface area contributed by atoms with Crippen LogP contribution in [0.1, 0.15) is 39.5 Å². The molecule has 10 heteroatoms. The predicted octanol–water partition coefficient (Wildman–Crippen LogP) is 4.11. The van der Waals surface area contributed by atoms with Gasteiger partial charge < -0.3 is 31.9 Å². The first-order valence-corrected chi connectivity index (χ1v) is 11.2. The first-order valence-electron chi connectivity index (χ1n) is 11.2. The number of carbonyl (C=O) groups excluding carboxylic acids is 4. The van der Waals surface area contributed by atoms with Crippen LogP contribution in [0.3, 0.4) is 0 Å². The molecule has 0 saturated heterocycles. The first-order chi connectivity index (χ1) is 16.3. The minimum Gasteiger partial charge on any atom is -0.338 e. The number of carbonyl (C=O) groups is 4. The van der Waals surface area contributed by atoms with Gasteiger partial charge in [-0.2, -0.15) is 0 Å². The van der Waals surface area contributed by atoms with Gasteiger partial charge in [-0.05, 0) is 61.4 Å². The molecule has 2 aromatic carbocycles. The molecule has 0 aromatic heterocycles. The normalized spacial score (nSPS) is 10.1. The fraction of sp³-hybridized carbons (Fsp3) is 0.333. The van der Waals surface area contributed by atoms with Crippen molar-refractivity contribution in [3.05, 3.63) is 48.5 Å². The van der Waals surface area contributed by atoms with Crippen molar-refractivity contribution < 1.29 is 19.2 Å². The van der Waals surface area contributed by atoms with E-state index in [1.165, 1.54) is 13.8 Å². The zero-order chi connectivity index (χ0) is 24.8. The largest absolute Gasteiger partial charge is 0.338 e. The van der Waals surface area contributed by atoms with Gasteiger partial charge >= 0.3 is 12.1 Å². The quantitative estimate of drug-likeness (QED) is 0.276. The lowest BCUT2D eigenvalue weighted by Crippen LogP contribution is -2.30. The zero-order valence-electron chi connectivity index (χ0n) is 19.5. The summed E-state index contributed by atoms with van der Waals surface area (Å²) < 4.78 is 0. The molecule has 0 bridgehead atoms. The molecular weight excluding hydrogens is 436 g/mol. The summed E-state index contributed by atoms with van der Waals surface area (Å²) in [6, 6.07) is 13.2. The van der Waals surface area contributed by atoms with Crippen LogP contribution >= 0.6 is 0 Å². The Morgan fingerprint density at radius 3 is 1.09 bits per heavy atom. The van der Waals surface area contributed by atoms with Crippen LogP contribution in [0.5, 0.6) is 0 Å². The van der Waals surface area contributed by atoms with Gasteiger partial charge in [-0.1, -0.05) is 12.8 Å². The SMILES string of the molecule is CC(=O)Nc1ccc(NC(=O)NCCCCCCNC(=O)Nc2ccc(NC(C)=O)cc2)cc1. The molecule has 0 fully saturated rings. The number of rotatable bonds is 11. The Morgan fingerprint density at radius 2 is 0.794 bits per heavy atom. The van der Waals surface area contributed by atoms with Crippen LogP contribution in [-0.4, -0.2) is 37.0 Å². The number of anilines is 4. The smallest absolute Gasteiger partial charge is 0.319 e. The Kier molecular flexibility index (Phi) is 10.9. The summed E-state index contributed by atoms with van der Waals surface area (Å²) >= 11 is 0. The zero-order valence-corrected chi connectivity index (χ0v) is 19.5. The van der Waals surface area contributed by atoms with Crippen molar-refractivity contribution in [3.63, 3.8) is 0 Å². The molecule has 0 aliphatic carbocycles. The third-order valence-corrected chi connectivity index (χ3v) is 4.60. The average Bonchev–Trinajstić information content (AvgIpc) is 2.77. The molecule has 0 atom stereocenters. The van der Waals surface area contributed by atoms with Crippen molar-refractivity contribution >= 4 is 46.6 Å². The Labute approximate surface area is 199 Å². The molecule has 10 nitrogen and oxygen atoms in total. The Morgan fingerprint density at radius 1 is 0.500 bits per heavy atom. The maximum atomic E-state index is 11.9. The van der Waals surface area contributed by atoms with E-state index in [4.69, 9.17) is 0 Å². The number of benzene rings is 2. The van der Waals surface area contributed by atoms with Crippen molar-refractivity contribution in [1.82, 2.24) is 10.6 Å². The van der Waals surface area contributed by atoms with Gasteiger partial charge in [0.05, 0.1) is 0 Å². The fourth-order valence-corrected chi connectivity index (χ4v) is 3.04. The summed E-state index contributed by atoms with van der Waals surface area (Å²) in [5.74, 6) is -0.298. The van der Waals surface area contributed by atoms with E-state index in [-0.39, 0.29) is 23.9 Å². The summed E-state index contributed by atoms with van der Waals surface area (Å²) in [7, 11) is 0. The molecule has 0 saturated carbocycles. The van der Waals surface area contributed by atoms with Crippen LogP contribution < -0.4 is 31.9 Å². The summed E-state index contributed by atoms with van der Waals surface area (Å²) in [5.41, 5.74) is 2.62. The van der Waals surface area contributed by atoms with Crippen molar-refractivity contribution in [3.8, 4) is 0 Å². The van der Waals surface area contributed by atoms with Crippen LogP contribution in [0.25, 0.3) is 0 Å². The molecular formula is C24H32N6O4. The summed E-state index contributed by atoms with van der Waals surface area (Å²) in [5, 5.41) is 16.4. The molecule has 2 rings (SSSR count). The highest BCUT2D eigenvalue weighted by molar-refractivity contribution is 5.92. The molecule has 0 heterocycles. The molecule has 6 amide bonds. The fourth-order valence-electron chi connectivity index (χ4n) is 3.04. The van der Waals surface area contributed by atoms with Gasteiger partial charge in [-0.3, -0.25) is 9.59 Å². The second-order valence-corrected chi connectivity index (χ2v) is 7.69. The van der Waals surface area contributed by atoms with Crippen LogP contribution in [0.2, 0.25) is 0 Å². The highest BCUT2D eigenvalue weighted by Gasteiger charge is 2.03. The number of hydrogen-bond donors (Lipinski definition) is 6. The second kappa shape index (κ2) is 14.1. The number of urea groups is 2. The maximum Gasteiger partial charge on any atom is 0.319 e. The molecule has 6 N–H and O–H groups in total. The molecule has 0 unspecified atom stereocenters. The van der Waals surface area contributed by atoms with E-state index in [0.29, 0.717) is 35.8 Å². The Bertz CT molecular complexity index is 881. The van der Waals surface area contributed by atoms with E-state index in [1.54, 1.807) is 48.5 Å². The van der Waals surface area contributed by atoms with Crippen molar-refractivity contribution in [2.45, 2.75) is 39.5 Å². The number of unbranched alkanes of at least 4 members (excludes halogenated alkanes) is 3. The van der Waals surface area contributed by atoms with Crippen LogP contribution in [0, 0.1) is 0 Å². The lowest BCUT2D eigenvalue weighted by atomic mass is 10.2. The monoisotopic (exact) mass is 468 g/mol. The highest BCUT2D eigenvalue weighted by atomic mass is 16.2. The maximum absolute atomic E-state index is 11.9. The third kappa shape index (κ3) is 11.0. The Hall–Kier alpha value is -4.08. The second-order valence-electron chi connectivity index (χ2n) is 7.69. The van der Waals surface area contributed by atoms with Crippen molar-refractivity contribution in [1.29, 1.82) is 0 Å². The van der Waals surface area contributed by atoms with Gasteiger partial charge in [-0.25, -0.2) is 9.59 Å². The van der Waals surface area contributed by atoms with Gasteiger partial charge in [-0.15, -0.1) is 0 Å². The molecule has 0 radical (unpaired) electrons. The lowest BCUT2D eigenvalue weighted by molar-refractivity contribution is -0.115. The molecule has 0 aliphatic heterocycles. The Balaban J connectivity index is 1.49. The topological polar surface area (TPSA) is 140 Å². The van der Waals surface area contributed by atoms with E-state index in [0.717, 1.165) is 25.7 Å². The standard InChI is InChI=1S/C24H32N6O4/c1-17(31)27-19-7-11-21(12-8-19)29-23(33)25-15-5-3-4-6-16-26-24(34)30-22-13-9-20(10-14-22)28-18(2)32/h7-14H,3-6,15-16H2,1-2H3,(H,27,31)(H,28,32)(H2,25,29,33)(H2,26,30,34). The average molecular weight is 469 g/mol. The minimum atomic E-state index is -0.282. The molecule has 34 heavy (non-hydrogen) atoms.